The van der Waals surface area contributed by atoms with Crippen molar-refractivity contribution in [1.29, 1.82) is 0 Å². The Morgan fingerprint density at radius 1 is 1.21 bits per heavy atom. The van der Waals surface area contributed by atoms with E-state index < -0.39 is 9.84 Å². The molecule has 0 aliphatic carbocycles. The van der Waals surface area contributed by atoms with Gasteiger partial charge in [-0.05, 0) is 30.5 Å². The van der Waals surface area contributed by atoms with E-state index >= 15 is 0 Å². The molecule has 0 saturated carbocycles. The zero-order valence-electron chi connectivity index (χ0n) is 13.6. The quantitative estimate of drug-likeness (QED) is 0.770. The Bertz CT molecular complexity index is 705. The average molecular weight is 370 g/mol. The second kappa shape index (κ2) is 7.03. The number of piperazine rings is 1. The third-order valence-corrected chi connectivity index (χ3v) is 7.22. The number of carbonyl (C=O) groups is 1. The number of thioether (sulfide) groups is 1. The summed E-state index contributed by atoms with van der Waals surface area (Å²) in [6.45, 7) is 1.51. The molecule has 2 fully saturated rings. The van der Waals surface area contributed by atoms with Gasteiger partial charge in [0.1, 0.15) is 0 Å². The van der Waals surface area contributed by atoms with Gasteiger partial charge < -0.3 is 10.0 Å². The van der Waals surface area contributed by atoms with Crippen molar-refractivity contribution in [3.63, 3.8) is 0 Å². The van der Waals surface area contributed by atoms with E-state index in [4.69, 9.17) is 0 Å². The fourth-order valence-corrected chi connectivity index (χ4v) is 6.00. The molecule has 2 aliphatic rings. The molecule has 0 bridgehead atoms. The topological polar surface area (TPSA) is 77.9 Å². The number of hydrogen-bond acceptors (Lipinski definition) is 6. The zero-order chi connectivity index (χ0) is 17.3. The SMILES string of the molecule is CSc1ccc(C(=O)N2CCN(CCO)[C@@H]3CS(=O)(=O)C[C@@H]32)cc1. The molecular weight excluding hydrogens is 348 g/mol. The van der Waals surface area contributed by atoms with Gasteiger partial charge in [0, 0.05) is 36.1 Å². The molecule has 8 heteroatoms. The van der Waals surface area contributed by atoms with Crippen LogP contribution in [0.1, 0.15) is 10.4 Å². The number of rotatable bonds is 4. The molecule has 24 heavy (non-hydrogen) atoms. The number of hydrogen-bond donors (Lipinski definition) is 1. The van der Waals surface area contributed by atoms with E-state index in [1.165, 1.54) is 0 Å². The van der Waals surface area contributed by atoms with Crippen molar-refractivity contribution in [3.8, 4) is 0 Å². The van der Waals surface area contributed by atoms with Crippen molar-refractivity contribution in [2.45, 2.75) is 17.0 Å². The Labute approximate surface area is 146 Å². The van der Waals surface area contributed by atoms with Gasteiger partial charge in [-0.2, -0.15) is 0 Å². The molecule has 1 aromatic carbocycles. The highest BCUT2D eigenvalue weighted by molar-refractivity contribution is 7.98. The summed E-state index contributed by atoms with van der Waals surface area (Å²) >= 11 is 1.61. The number of benzene rings is 1. The highest BCUT2D eigenvalue weighted by atomic mass is 32.2. The summed E-state index contributed by atoms with van der Waals surface area (Å²) in [4.78, 5) is 17.7. The molecule has 3 rings (SSSR count). The van der Waals surface area contributed by atoms with Crippen LogP contribution >= 0.6 is 11.8 Å². The summed E-state index contributed by atoms with van der Waals surface area (Å²) in [6.07, 6.45) is 1.98. The third-order valence-electron chi connectivity index (χ3n) is 4.78. The van der Waals surface area contributed by atoms with Gasteiger partial charge in [-0.1, -0.05) is 0 Å². The van der Waals surface area contributed by atoms with Gasteiger partial charge in [-0.15, -0.1) is 11.8 Å². The van der Waals surface area contributed by atoms with E-state index in [1.807, 2.05) is 23.3 Å². The fraction of sp³-hybridized carbons (Fsp3) is 0.562. The minimum atomic E-state index is -3.16. The monoisotopic (exact) mass is 370 g/mol. The van der Waals surface area contributed by atoms with Crippen molar-refractivity contribution < 1.29 is 18.3 Å². The van der Waals surface area contributed by atoms with Gasteiger partial charge in [0.2, 0.25) is 0 Å². The summed E-state index contributed by atoms with van der Waals surface area (Å²) in [7, 11) is -3.16. The minimum absolute atomic E-state index is 0.00659. The fourth-order valence-electron chi connectivity index (χ4n) is 3.58. The smallest absolute Gasteiger partial charge is 0.254 e. The minimum Gasteiger partial charge on any atom is -0.395 e. The molecule has 2 atom stereocenters. The lowest BCUT2D eigenvalue weighted by Gasteiger charge is -2.43. The number of aliphatic hydroxyl groups is 1. The number of fused-ring (bicyclic) bond motifs is 1. The van der Waals surface area contributed by atoms with Crippen LogP contribution in [0.25, 0.3) is 0 Å². The molecule has 2 heterocycles. The van der Waals surface area contributed by atoms with E-state index in [-0.39, 0.29) is 36.1 Å². The summed E-state index contributed by atoms with van der Waals surface area (Å²) in [5.74, 6) is -0.0421. The Kier molecular flexibility index (Phi) is 5.19. The molecular formula is C16H22N2O4S2. The number of carbonyl (C=O) groups excluding carboxylic acids is 1. The van der Waals surface area contributed by atoms with Crippen LogP contribution in [0.3, 0.4) is 0 Å². The number of amides is 1. The van der Waals surface area contributed by atoms with Gasteiger partial charge in [-0.25, -0.2) is 8.42 Å². The molecule has 0 spiro atoms. The lowest BCUT2D eigenvalue weighted by atomic mass is 10.0. The largest absolute Gasteiger partial charge is 0.395 e. The van der Waals surface area contributed by atoms with Gasteiger partial charge in [0.05, 0.1) is 24.2 Å². The molecule has 1 aromatic rings. The maximum Gasteiger partial charge on any atom is 0.254 e. The second-order valence-corrected chi connectivity index (χ2v) is 9.23. The Morgan fingerprint density at radius 3 is 2.50 bits per heavy atom. The van der Waals surface area contributed by atoms with Crippen LogP contribution in [0.15, 0.2) is 29.2 Å². The van der Waals surface area contributed by atoms with Gasteiger partial charge >= 0.3 is 0 Å². The predicted molar refractivity (Wildman–Crippen MR) is 94.1 cm³/mol. The molecule has 1 N–H and O–H groups in total. The van der Waals surface area contributed by atoms with Crippen LogP contribution in [-0.2, 0) is 9.84 Å². The van der Waals surface area contributed by atoms with Crippen LogP contribution in [0.4, 0.5) is 0 Å². The van der Waals surface area contributed by atoms with E-state index in [1.54, 1.807) is 28.8 Å². The van der Waals surface area contributed by atoms with E-state index in [9.17, 15) is 18.3 Å². The Balaban J connectivity index is 1.83. The van der Waals surface area contributed by atoms with Crippen LogP contribution < -0.4 is 0 Å². The van der Waals surface area contributed by atoms with Crippen molar-refractivity contribution >= 4 is 27.5 Å². The Hall–Kier alpha value is -1.09. The lowest BCUT2D eigenvalue weighted by molar-refractivity contribution is 0.0281. The molecule has 1 amide bonds. The first-order valence-corrected chi connectivity index (χ1v) is 11.0. The van der Waals surface area contributed by atoms with Crippen LogP contribution in [0.5, 0.6) is 0 Å². The Morgan fingerprint density at radius 2 is 1.88 bits per heavy atom. The first kappa shape index (κ1) is 17.7. The molecule has 0 aromatic heterocycles. The van der Waals surface area contributed by atoms with Gasteiger partial charge in [0.25, 0.3) is 5.91 Å². The maximum atomic E-state index is 12.9. The molecule has 132 valence electrons. The predicted octanol–water partition coefficient (Wildman–Crippen LogP) is 0.324. The molecule has 2 saturated heterocycles. The number of nitrogens with zero attached hydrogens (tertiary/aromatic N) is 2. The van der Waals surface area contributed by atoms with Crippen LogP contribution in [0, 0.1) is 0 Å². The van der Waals surface area contributed by atoms with E-state index in [2.05, 4.69) is 0 Å². The lowest BCUT2D eigenvalue weighted by Crippen LogP contribution is -2.61. The second-order valence-electron chi connectivity index (χ2n) is 6.20. The first-order valence-electron chi connectivity index (χ1n) is 7.95. The first-order chi connectivity index (χ1) is 11.4. The zero-order valence-corrected chi connectivity index (χ0v) is 15.2. The normalized spacial score (nSPS) is 26.3. The summed E-state index contributed by atoms with van der Waals surface area (Å²) in [5.41, 5.74) is 0.589. The number of aliphatic hydroxyl groups excluding tert-OH is 1. The van der Waals surface area contributed by atoms with Gasteiger partial charge in [-0.3, -0.25) is 9.69 Å². The maximum absolute atomic E-state index is 12.9. The van der Waals surface area contributed by atoms with E-state index in [0.717, 1.165) is 4.90 Å². The van der Waals surface area contributed by atoms with Crippen molar-refractivity contribution in [2.24, 2.45) is 0 Å². The summed E-state index contributed by atoms with van der Waals surface area (Å²) < 4.78 is 24.2. The average Bonchev–Trinajstić information content (AvgIpc) is 2.90. The van der Waals surface area contributed by atoms with E-state index in [0.29, 0.717) is 25.2 Å². The molecule has 0 unspecified atom stereocenters. The van der Waals surface area contributed by atoms with Crippen molar-refractivity contribution in [2.75, 3.05) is 44.0 Å². The highest BCUT2D eigenvalue weighted by Gasteiger charge is 2.47. The molecule has 0 radical (unpaired) electrons. The third kappa shape index (κ3) is 3.46. The summed E-state index contributed by atoms with van der Waals surface area (Å²) in [5, 5.41) is 9.20. The van der Waals surface area contributed by atoms with Gasteiger partial charge in [0.15, 0.2) is 9.84 Å². The number of sulfone groups is 1. The van der Waals surface area contributed by atoms with Crippen molar-refractivity contribution in [1.82, 2.24) is 9.80 Å². The number of β-amino-alcohol motifs (C(OH)–C–C–N with tert-alkyl or cyclic N) is 1. The molecule has 6 nitrogen and oxygen atoms in total. The van der Waals surface area contributed by atoms with Crippen LogP contribution in [-0.4, -0.2) is 85.3 Å². The highest BCUT2D eigenvalue weighted by Crippen LogP contribution is 2.28. The van der Waals surface area contributed by atoms with Crippen LogP contribution in [0.2, 0.25) is 0 Å². The molecule has 2 aliphatic heterocycles. The van der Waals surface area contributed by atoms with Crippen molar-refractivity contribution in [3.05, 3.63) is 29.8 Å². The summed E-state index contributed by atoms with van der Waals surface area (Å²) in [6, 6.07) is 6.86. The standard InChI is InChI=1S/C16H22N2O4S2/c1-23-13-4-2-12(3-5-13)16(20)18-7-6-17(8-9-19)14-10-24(21,22)11-15(14)18/h2-5,14-15,19H,6-11H2,1H3/t14-,15+/m1/s1.